The van der Waals surface area contributed by atoms with E-state index in [1.807, 2.05) is 12.1 Å². The number of carbonyl (C=O) groups is 1. The molecule has 6 nitrogen and oxygen atoms in total. The van der Waals surface area contributed by atoms with E-state index in [-0.39, 0.29) is 5.91 Å². The smallest absolute Gasteiger partial charge is 0.256 e. The lowest BCUT2D eigenvalue weighted by atomic mass is 10.1. The summed E-state index contributed by atoms with van der Waals surface area (Å²) < 4.78 is 0. The van der Waals surface area contributed by atoms with Crippen LogP contribution < -0.4 is 5.32 Å². The Kier molecular flexibility index (Phi) is 3.20. The lowest BCUT2D eigenvalue weighted by Crippen LogP contribution is -2.13. The lowest BCUT2D eigenvalue weighted by molar-refractivity contribution is 0.102. The summed E-state index contributed by atoms with van der Waals surface area (Å²) in [5, 5.41) is 9.36. The molecule has 0 saturated heterocycles. The summed E-state index contributed by atoms with van der Waals surface area (Å²) in [4.78, 5) is 20.4. The van der Waals surface area contributed by atoms with E-state index in [0.717, 1.165) is 0 Å². The van der Waals surface area contributed by atoms with Crippen molar-refractivity contribution in [2.24, 2.45) is 0 Å². The fourth-order valence-corrected chi connectivity index (χ4v) is 1.86. The van der Waals surface area contributed by atoms with Gasteiger partial charge in [0.25, 0.3) is 5.91 Å². The third-order valence-corrected chi connectivity index (χ3v) is 2.76. The highest BCUT2D eigenvalue weighted by atomic mass is 16.1. The third-order valence-electron chi connectivity index (χ3n) is 2.76. The molecule has 2 N–H and O–H groups in total. The standard InChI is InChI=1S/C14H11N5O/c20-14(18-10-4-3-7-15-8-10)12-6-2-1-5-11(12)13-16-9-17-19-13/h1-9H,(H,18,20)(H,16,17,19). The van der Waals surface area contributed by atoms with Crippen molar-refractivity contribution in [1.29, 1.82) is 0 Å². The van der Waals surface area contributed by atoms with Crippen molar-refractivity contribution >= 4 is 11.6 Å². The van der Waals surface area contributed by atoms with Gasteiger partial charge in [-0.3, -0.25) is 14.9 Å². The van der Waals surface area contributed by atoms with Crippen LogP contribution in [0.25, 0.3) is 11.4 Å². The number of carbonyl (C=O) groups excluding carboxylic acids is 1. The van der Waals surface area contributed by atoms with Gasteiger partial charge in [-0.05, 0) is 18.2 Å². The van der Waals surface area contributed by atoms with Gasteiger partial charge >= 0.3 is 0 Å². The number of nitrogens with one attached hydrogen (secondary N) is 2. The van der Waals surface area contributed by atoms with Gasteiger partial charge in [0.05, 0.1) is 17.4 Å². The molecule has 0 radical (unpaired) electrons. The molecule has 0 unspecified atom stereocenters. The van der Waals surface area contributed by atoms with Crippen LogP contribution in [-0.2, 0) is 0 Å². The van der Waals surface area contributed by atoms with Crippen molar-refractivity contribution in [2.45, 2.75) is 0 Å². The number of hydrogen-bond donors (Lipinski definition) is 2. The zero-order valence-electron chi connectivity index (χ0n) is 10.4. The van der Waals surface area contributed by atoms with Gasteiger partial charge in [-0.15, -0.1) is 0 Å². The maximum absolute atomic E-state index is 12.3. The lowest BCUT2D eigenvalue weighted by Gasteiger charge is -2.08. The summed E-state index contributed by atoms with van der Waals surface area (Å²) in [7, 11) is 0. The third kappa shape index (κ3) is 2.39. The van der Waals surface area contributed by atoms with Gasteiger partial charge in [-0.1, -0.05) is 18.2 Å². The molecule has 1 amide bonds. The minimum absolute atomic E-state index is 0.218. The van der Waals surface area contributed by atoms with Crippen molar-refractivity contribution < 1.29 is 4.79 Å². The van der Waals surface area contributed by atoms with E-state index in [1.165, 1.54) is 6.33 Å². The molecule has 0 bridgehead atoms. The second-order valence-electron chi connectivity index (χ2n) is 4.08. The fourth-order valence-electron chi connectivity index (χ4n) is 1.86. The zero-order chi connectivity index (χ0) is 13.8. The molecular formula is C14H11N5O. The SMILES string of the molecule is O=C(Nc1cccnc1)c1ccccc1-c1ncn[nH]1. The number of hydrogen-bond acceptors (Lipinski definition) is 4. The second kappa shape index (κ2) is 5.31. The van der Waals surface area contributed by atoms with Crippen LogP contribution in [0, 0.1) is 0 Å². The molecule has 6 heteroatoms. The number of rotatable bonds is 3. The minimum Gasteiger partial charge on any atom is -0.321 e. The van der Waals surface area contributed by atoms with Gasteiger partial charge in [0, 0.05) is 11.8 Å². The van der Waals surface area contributed by atoms with E-state index in [2.05, 4.69) is 25.5 Å². The molecule has 0 spiro atoms. The number of aromatic amines is 1. The first-order chi connectivity index (χ1) is 9.84. The quantitative estimate of drug-likeness (QED) is 0.759. The summed E-state index contributed by atoms with van der Waals surface area (Å²) in [5.74, 6) is 0.340. The summed E-state index contributed by atoms with van der Waals surface area (Å²) >= 11 is 0. The molecule has 0 fully saturated rings. The molecule has 3 aromatic rings. The van der Waals surface area contributed by atoms with Gasteiger partial charge in [-0.2, -0.15) is 5.10 Å². The Hall–Kier alpha value is -3.02. The van der Waals surface area contributed by atoms with Gasteiger partial charge in [0.2, 0.25) is 0 Å². The second-order valence-corrected chi connectivity index (χ2v) is 4.08. The molecular weight excluding hydrogens is 254 g/mol. The van der Waals surface area contributed by atoms with Crippen molar-refractivity contribution in [3.8, 4) is 11.4 Å². The van der Waals surface area contributed by atoms with Gasteiger partial charge in [0.1, 0.15) is 6.33 Å². The van der Waals surface area contributed by atoms with E-state index >= 15 is 0 Å². The van der Waals surface area contributed by atoms with Crippen LogP contribution >= 0.6 is 0 Å². The monoisotopic (exact) mass is 265 g/mol. The number of anilines is 1. The maximum atomic E-state index is 12.3. The molecule has 0 atom stereocenters. The Bertz CT molecular complexity index is 709. The number of nitrogens with zero attached hydrogens (tertiary/aromatic N) is 3. The number of pyridine rings is 1. The van der Waals surface area contributed by atoms with Crippen LogP contribution in [0.15, 0.2) is 55.1 Å². The summed E-state index contributed by atoms with van der Waals surface area (Å²) in [6.07, 6.45) is 4.65. The van der Waals surface area contributed by atoms with Crippen molar-refractivity contribution in [3.05, 3.63) is 60.7 Å². The van der Waals surface area contributed by atoms with Crippen molar-refractivity contribution in [1.82, 2.24) is 20.2 Å². The number of benzene rings is 1. The Morgan fingerprint density at radius 2 is 2.05 bits per heavy atom. The zero-order valence-corrected chi connectivity index (χ0v) is 10.4. The van der Waals surface area contributed by atoms with Crippen LogP contribution in [0.2, 0.25) is 0 Å². The summed E-state index contributed by atoms with van der Waals surface area (Å²) in [5.41, 5.74) is 1.87. The Morgan fingerprint density at radius 3 is 2.80 bits per heavy atom. The molecule has 1 aromatic carbocycles. The number of amides is 1. The highest BCUT2D eigenvalue weighted by Gasteiger charge is 2.14. The van der Waals surface area contributed by atoms with E-state index < -0.39 is 0 Å². The molecule has 0 saturated carbocycles. The molecule has 2 aromatic heterocycles. The minimum atomic E-state index is -0.218. The molecule has 98 valence electrons. The highest BCUT2D eigenvalue weighted by molar-refractivity contribution is 6.08. The Labute approximate surface area is 114 Å². The maximum Gasteiger partial charge on any atom is 0.256 e. The number of aromatic nitrogens is 4. The molecule has 3 rings (SSSR count). The topological polar surface area (TPSA) is 83.6 Å². The normalized spacial score (nSPS) is 10.2. The number of H-pyrrole nitrogens is 1. The first-order valence-electron chi connectivity index (χ1n) is 6.01. The van der Waals surface area contributed by atoms with E-state index in [1.54, 1.807) is 36.7 Å². The Morgan fingerprint density at radius 1 is 1.15 bits per heavy atom. The van der Waals surface area contributed by atoms with E-state index in [4.69, 9.17) is 0 Å². The highest BCUT2D eigenvalue weighted by Crippen LogP contribution is 2.20. The van der Waals surface area contributed by atoms with Crippen LogP contribution in [0.1, 0.15) is 10.4 Å². The van der Waals surface area contributed by atoms with Crippen LogP contribution in [0.5, 0.6) is 0 Å². The molecule has 2 heterocycles. The van der Waals surface area contributed by atoms with Crippen molar-refractivity contribution in [3.63, 3.8) is 0 Å². The predicted molar refractivity (Wildman–Crippen MR) is 74.0 cm³/mol. The van der Waals surface area contributed by atoms with Crippen molar-refractivity contribution in [2.75, 3.05) is 5.32 Å². The van der Waals surface area contributed by atoms with Crippen LogP contribution in [0.4, 0.5) is 5.69 Å². The van der Waals surface area contributed by atoms with Gasteiger partial charge in [-0.25, -0.2) is 4.98 Å². The van der Waals surface area contributed by atoms with Crippen LogP contribution in [-0.4, -0.2) is 26.1 Å². The fraction of sp³-hybridized carbons (Fsp3) is 0. The average Bonchev–Trinajstić information content (AvgIpc) is 3.02. The predicted octanol–water partition coefficient (Wildman–Crippen LogP) is 2.12. The summed E-state index contributed by atoms with van der Waals surface area (Å²) in [6, 6.07) is 10.7. The molecule has 0 aliphatic carbocycles. The first kappa shape index (κ1) is 12.0. The summed E-state index contributed by atoms with van der Waals surface area (Å²) in [6.45, 7) is 0. The average molecular weight is 265 g/mol. The van der Waals surface area contributed by atoms with E-state index in [9.17, 15) is 4.79 Å². The molecule has 0 aliphatic rings. The van der Waals surface area contributed by atoms with Crippen LogP contribution in [0.3, 0.4) is 0 Å². The van der Waals surface area contributed by atoms with Gasteiger partial charge < -0.3 is 5.32 Å². The largest absolute Gasteiger partial charge is 0.321 e. The first-order valence-corrected chi connectivity index (χ1v) is 6.01. The van der Waals surface area contributed by atoms with E-state index in [0.29, 0.717) is 22.6 Å². The Balaban J connectivity index is 1.93. The molecule has 20 heavy (non-hydrogen) atoms. The molecule has 0 aliphatic heterocycles. The van der Waals surface area contributed by atoms with Gasteiger partial charge in [0.15, 0.2) is 5.82 Å².